The van der Waals surface area contributed by atoms with Crippen LogP contribution in [0.2, 0.25) is 0 Å². The Hall–Kier alpha value is -0.260. The van der Waals surface area contributed by atoms with E-state index in [1.54, 1.807) is 5.57 Å². The van der Waals surface area contributed by atoms with E-state index in [9.17, 15) is 0 Å². The molecule has 0 N–H and O–H groups in total. The van der Waals surface area contributed by atoms with E-state index in [-0.39, 0.29) is 0 Å². The van der Waals surface area contributed by atoms with Gasteiger partial charge in [0.05, 0.1) is 0 Å². The number of allylic oxidation sites excluding steroid dienone is 2. The fourth-order valence-electron chi connectivity index (χ4n) is 1.57. The smallest absolute Gasteiger partial charge is 0.0292 e. The van der Waals surface area contributed by atoms with Crippen LogP contribution in [-0.4, -0.2) is 0 Å². The van der Waals surface area contributed by atoms with Crippen LogP contribution in [0.25, 0.3) is 0 Å². The molecule has 0 heteroatoms. The summed E-state index contributed by atoms with van der Waals surface area (Å²) in [5, 5.41) is 0. The lowest BCUT2D eigenvalue weighted by Crippen LogP contribution is -2.12. The fraction of sp³-hybridized carbons (Fsp3) is 0.800. The van der Waals surface area contributed by atoms with Crippen LogP contribution in [0, 0.1) is 11.8 Å². The van der Waals surface area contributed by atoms with Crippen molar-refractivity contribution in [2.24, 2.45) is 11.8 Å². The lowest BCUT2D eigenvalue weighted by atomic mass is 9.81. The Morgan fingerprint density at radius 2 is 2.10 bits per heavy atom. The second-order valence-corrected chi connectivity index (χ2v) is 3.61. The molecule has 0 saturated heterocycles. The molecular formula is C10H18. The molecule has 0 aliphatic heterocycles. The van der Waals surface area contributed by atoms with Gasteiger partial charge >= 0.3 is 0 Å². The van der Waals surface area contributed by atoms with Gasteiger partial charge in [-0.25, -0.2) is 0 Å². The van der Waals surface area contributed by atoms with Gasteiger partial charge in [-0.1, -0.05) is 32.4 Å². The largest absolute Gasteiger partial charge is 0.0851 e. The Kier molecular flexibility index (Phi) is 2.53. The van der Waals surface area contributed by atoms with Crippen molar-refractivity contribution in [1.29, 1.82) is 0 Å². The summed E-state index contributed by atoms with van der Waals surface area (Å²) in [4.78, 5) is 0. The van der Waals surface area contributed by atoms with Gasteiger partial charge in [-0.05, 0) is 31.1 Å². The SMILES string of the molecule is CCC1=CCC(C)[C@H](C)C1. The van der Waals surface area contributed by atoms with Gasteiger partial charge in [-0.15, -0.1) is 0 Å². The van der Waals surface area contributed by atoms with E-state index in [0.717, 1.165) is 11.8 Å². The van der Waals surface area contributed by atoms with Gasteiger partial charge < -0.3 is 0 Å². The van der Waals surface area contributed by atoms with E-state index in [2.05, 4.69) is 26.8 Å². The fourth-order valence-corrected chi connectivity index (χ4v) is 1.57. The zero-order valence-electron chi connectivity index (χ0n) is 7.35. The molecule has 1 rings (SSSR count). The number of hydrogen-bond donors (Lipinski definition) is 0. The Bertz CT molecular complexity index is 133. The molecule has 1 aliphatic carbocycles. The third-order valence-electron chi connectivity index (χ3n) is 2.79. The summed E-state index contributed by atoms with van der Waals surface area (Å²) in [5.41, 5.74) is 1.67. The van der Waals surface area contributed by atoms with Gasteiger partial charge in [-0.2, -0.15) is 0 Å². The highest BCUT2D eigenvalue weighted by atomic mass is 14.2. The Labute approximate surface area is 64.3 Å². The standard InChI is InChI=1S/C10H18/c1-4-10-6-5-8(2)9(3)7-10/h6,8-9H,4-5,7H2,1-3H3/t8?,9-/m1/s1. The third-order valence-corrected chi connectivity index (χ3v) is 2.79. The third kappa shape index (κ3) is 1.62. The first kappa shape index (κ1) is 7.84. The molecule has 0 spiro atoms. The van der Waals surface area contributed by atoms with Crippen LogP contribution < -0.4 is 0 Å². The maximum atomic E-state index is 2.44. The van der Waals surface area contributed by atoms with Crippen molar-refractivity contribution in [1.82, 2.24) is 0 Å². The van der Waals surface area contributed by atoms with Crippen molar-refractivity contribution in [3.63, 3.8) is 0 Å². The van der Waals surface area contributed by atoms with Gasteiger partial charge in [0.1, 0.15) is 0 Å². The Balaban J connectivity index is 2.52. The van der Waals surface area contributed by atoms with Crippen LogP contribution >= 0.6 is 0 Å². The first-order valence-corrected chi connectivity index (χ1v) is 4.42. The average Bonchev–Trinajstić information content (AvgIpc) is 1.95. The van der Waals surface area contributed by atoms with Crippen LogP contribution in [-0.2, 0) is 0 Å². The lowest BCUT2D eigenvalue weighted by Gasteiger charge is -2.24. The second-order valence-electron chi connectivity index (χ2n) is 3.61. The van der Waals surface area contributed by atoms with Gasteiger partial charge in [-0.3, -0.25) is 0 Å². The summed E-state index contributed by atoms with van der Waals surface area (Å²) in [6, 6.07) is 0. The van der Waals surface area contributed by atoms with Crippen molar-refractivity contribution in [2.45, 2.75) is 40.0 Å². The van der Waals surface area contributed by atoms with Crippen molar-refractivity contribution >= 4 is 0 Å². The van der Waals surface area contributed by atoms with Crippen LogP contribution in [0.5, 0.6) is 0 Å². The van der Waals surface area contributed by atoms with Gasteiger partial charge in [0.2, 0.25) is 0 Å². The van der Waals surface area contributed by atoms with E-state index in [0.29, 0.717) is 0 Å². The van der Waals surface area contributed by atoms with Crippen LogP contribution in [0.3, 0.4) is 0 Å². The van der Waals surface area contributed by atoms with E-state index >= 15 is 0 Å². The lowest BCUT2D eigenvalue weighted by molar-refractivity contribution is 0.366. The first-order chi connectivity index (χ1) is 4.74. The molecule has 0 aromatic carbocycles. The molecular weight excluding hydrogens is 120 g/mol. The average molecular weight is 138 g/mol. The summed E-state index contributed by atoms with van der Waals surface area (Å²) >= 11 is 0. The minimum atomic E-state index is 0.912. The highest BCUT2D eigenvalue weighted by Gasteiger charge is 2.16. The molecule has 0 heterocycles. The molecule has 0 radical (unpaired) electrons. The van der Waals surface area contributed by atoms with Crippen molar-refractivity contribution in [3.8, 4) is 0 Å². The maximum absolute atomic E-state index is 2.44. The molecule has 0 saturated carbocycles. The molecule has 2 atom stereocenters. The van der Waals surface area contributed by atoms with Crippen molar-refractivity contribution < 1.29 is 0 Å². The molecule has 1 aliphatic rings. The van der Waals surface area contributed by atoms with Crippen molar-refractivity contribution in [2.75, 3.05) is 0 Å². The predicted octanol–water partition coefficient (Wildman–Crippen LogP) is 3.39. The Morgan fingerprint density at radius 1 is 1.40 bits per heavy atom. The minimum absolute atomic E-state index is 0.912. The normalized spacial score (nSPS) is 33.7. The minimum Gasteiger partial charge on any atom is -0.0851 e. The van der Waals surface area contributed by atoms with Crippen LogP contribution in [0.4, 0.5) is 0 Å². The Morgan fingerprint density at radius 3 is 2.60 bits per heavy atom. The van der Waals surface area contributed by atoms with Crippen LogP contribution in [0.1, 0.15) is 40.0 Å². The molecule has 0 bridgehead atoms. The molecule has 0 fully saturated rings. The second kappa shape index (κ2) is 3.23. The van der Waals surface area contributed by atoms with Gasteiger partial charge in [0.15, 0.2) is 0 Å². The molecule has 0 aromatic rings. The van der Waals surface area contributed by atoms with Gasteiger partial charge in [0, 0.05) is 0 Å². The highest BCUT2D eigenvalue weighted by Crippen LogP contribution is 2.29. The number of hydrogen-bond acceptors (Lipinski definition) is 0. The van der Waals surface area contributed by atoms with Crippen LogP contribution in [0.15, 0.2) is 11.6 Å². The van der Waals surface area contributed by atoms with E-state index < -0.39 is 0 Å². The van der Waals surface area contributed by atoms with Gasteiger partial charge in [0.25, 0.3) is 0 Å². The zero-order valence-corrected chi connectivity index (χ0v) is 7.35. The zero-order chi connectivity index (χ0) is 7.56. The summed E-state index contributed by atoms with van der Waals surface area (Å²) in [6.45, 7) is 6.98. The molecule has 0 aromatic heterocycles. The summed E-state index contributed by atoms with van der Waals surface area (Å²) < 4.78 is 0. The predicted molar refractivity (Wildman–Crippen MR) is 45.9 cm³/mol. The molecule has 10 heavy (non-hydrogen) atoms. The number of rotatable bonds is 1. The molecule has 1 unspecified atom stereocenters. The molecule has 58 valence electrons. The first-order valence-electron chi connectivity index (χ1n) is 4.42. The van der Waals surface area contributed by atoms with E-state index in [1.165, 1.54) is 19.3 Å². The summed E-state index contributed by atoms with van der Waals surface area (Å²) in [7, 11) is 0. The van der Waals surface area contributed by atoms with E-state index in [4.69, 9.17) is 0 Å². The molecule has 0 amide bonds. The quantitative estimate of drug-likeness (QED) is 0.487. The molecule has 0 nitrogen and oxygen atoms in total. The van der Waals surface area contributed by atoms with Crippen molar-refractivity contribution in [3.05, 3.63) is 11.6 Å². The highest BCUT2D eigenvalue weighted by molar-refractivity contribution is 5.06. The monoisotopic (exact) mass is 138 g/mol. The summed E-state index contributed by atoms with van der Waals surface area (Å²) in [5.74, 6) is 1.83. The maximum Gasteiger partial charge on any atom is -0.0292 e. The topological polar surface area (TPSA) is 0 Å². The summed E-state index contributed by atoms with van der Waals surface area (Å²) in [6.07, 6.45) is 6.35. The van der Waals surface area contributed by atoms with E-state index in [1.807, 2.05) is 0 Å².